The predicted molar refractivity (Wildman–Crippen MR) is 5.75 cm³/mol. The van der Waals surface area contributed by atoms with E-state index in [2.05, 4.69) is 0 Å². The van der Waals surface area contributed by atoms with E-state index in [9.17, 15) is 0 Å². The molecule has 4 nitrogen and oxygen atoms in total. The fourth-order valence-corrected chi connectivity index (χ4v) is 0. The summed E-state index contributed by atoms with van der Waals surface area (Å²) < 4.78 is 34.0. The van der Waals surface area contributed by atoms with Crippen molar-refractivity contribution in [3.05, 3.63) is 0 Å². The van der Waals surface area contributed by atoms with Crippen molar-refractivity contribution in [2.24, 2.45) is 0 Å². The smallest absolute Gasteiger partial charge is 0.222 e. The van der Waals surface area contributed by atoms with Gasteiger partial charge in [-0.1, -0.05) is 0 Å². The minimum Gasteiger partial charge on any atom is -0.222 e. The van der Waals surface area contributed by atoms with E-state index in [0.717, 1.165) is 0 Å². The molecule has 0 aliphatic carbocycles. The molecule has 0 aliphatic rings. The topological polar surface area (TPSA) is 92.2 Å². The Kier molecular flexibility index (Phi) is 6.33. The van der Waals surface area contributed by atoms with Crippen LogP contribution in [0.4, 0.5) is 0 Å². The molecule has 0 aliphatic heterocycles. The summed E-state index contributed by atoms with van der Waals surface area (Å²) in [5.74, 6) is 0. The van der Waals surface area contributed by atoms with E-state index in [1.165, 1.54) is 0 Å². The summed E-state index contributed by atoms with van der Waals surface area (Å²) >= 11 is 0. The zero-order valence-electron chi connectivity index (χ0n) is 2.72. The minimum atomic E-state index is -4.94. The Morgan fingerprint density at radius 1 is 0.833 bits per heavy atom. The molecule has 0 unspecified atom stereocenters. The SMILES string of the molecule is [O-][Cl+3]([O-])([O-])[O-].[Sr+2]. The molecule has 0 aromatic carbocycles. The summed E-state index contributed by atoms with van der Waals surface area (Å²) in [6.45, 7) is 0. The van der Waals surface area contributed by atoms with Gasteiger partial charge >= 0.3 is 45.5 Å². The molecule has 6 heteroatoms. The van der Waals surface area contributed by atoms with Crippen LogP contribution < -0.4 is 18.6 Å². The quantitative estimate of drug-likeness (QED) is 0.354. The van der Waals surface area contributed by atoms with Crippen LogP contribution in [-0.4, -0.2) is 45.5 Å². The summed E-state index contributed by atoms with van der Waals surface area (Å²) in [5.41, 5.74) is 0. The van der Waals surface area contributed by atoms with Gasteiger partial charge in [0.05, 0.1) is 0 Å². The first-order valence-electron chi connectivity index (χ1n) is 0.617. The van der Waals surface area contributed by atoms with Gasteiger partial charge in [-0.3, -0.25) is 0 Å². The Hall–Kier alpha value is 1.61. The van der Waals surface area contributed by atoms with E-state index in [0.29, 0.717) is 0 Å². The molecule has 0 aromatic heterocycles. The molecule has 0 atom stereocenters. The second-order valence-corrected chi connectivity index (χ2v) is 1.13. The molecule has 0 fully saturated rings. The second kappa shape index (κ2) is 3.59. The Morgan fingerprint density at radius 3 is 0.833 bits per heavy atom. The zero-order valence-corrected chi connectivity index (χ0v) is 6.95. The number of hydrogen-bond donors (Lipinski definition) is 0. The fraction of sp³-hybridized carbons (Fsp3) is 0. The molecular weight excluding hydrogens is 187 g/mol. The van der Waals surface area contributed by atoms with Gasteiger partial charge in [0, 0.05) is 0 Å². The van der Waals surface area contributed by atoms with Crippen LogP contribution in [0.1, 0.15) is 0 Å². The summed E-state index contributed by atoms with van der Waals surface area (Å²) in [6.07, 6.45) is 0. The van der Waals surface area contributed by atoms with Gasteiger partial charge in [0.25, 0.3) is 0 Å². The van der Waals surface area contributed by atoms with E-state index in [1.807, 2.05) is 0 Å². The van der Waals surface area contributed by atoms with Crippen LogP contribution >= 0.6 is 0 Å². The Labute approximate surface area is 73.4 Å². The fourth-order valence-electron chi connectivity index (χ4n) is 0. The van der Waals surface area contributed by atoms with Crippen LogP contribution in [-0.2, 0) is 0 Å². The summed E-state index contributed by atoms with van der Waals surface area (Å²) in [7, 11) is -4.94. The van der Waals surface area contributed by atoms with Gasteiger partial charge in [-0.05, 0) is 0 Å². The van der Waals surface area contributed by atoms with Gasteiger partial charge in [-0.2, -0.15) is 0 Å². The largest absolute Gasteiger partial charge is 2.00 e. The van der Waals surface area contributed by atoms with Crippen LogP contribution in [0, 0.1) is 10.2 Å². The van der Waals surface area contributed by atoms with Crippen molar-refractivity contribution in [3.8, 4) is 0 Å². The van der Waals surface area contributed by atoms with Gasteiger partial charge < -0.3 is 0 Å². The van der Waals surface area contributed by atoms with Crippen molar-refractivity contribution in [3.63, 3.8) is 0 Å². The van der Waals surface area contributed by atoms with Crippen molar-refractivity contribution in [1.82, 2.24) is 0 Å². The average molecular weight is 187 g/mol. The maximum atomic E-state index is 8.49. The number of halogens is 1. The zero-order chi connectivity index (χ0) is 4.50. The van der Waals surface area contributed by atoms with E-state index < -0.39 is 10.2 Å². The van der Waals surface area contributed by atoms with E-state index in [1.54, 1.807) is 0 Å². The molecule has 6 heavy (non-hydrogen) atoms. The molecule has 0 N–H and O–H groups in total. The number of hydrogen-bond acceptors (Lipinski definition) is 4. The molecule has 0 rings (SSSR count). The Balaban J connectivity index is 0. The van der Waals surface area contributed by atoms with Crippen molar-refractivity contribution >= 4 is 45.5 Å². The van der Waals surface area contributed by atoms with Crippen molar-refractivity contribution in [2.45, 2.75) is 0 Å². The van der Waals surface area contributed by atoms with Gasteiger partial charge in [0.1, 0.15) is 0 Å². The van der Waals surface area contributed by atoms with E-state index in [-0.39, 0.29) is 45.5 Å². The summed E-state index contributed by atoms with van der Waals surface area (Å²) in [6, 6.07) is 0. The third-order valence-corrected chi connectivity index (χ3v) is 0. The second-order valence-electron chi connectivity index (χ2n) is 0.378. The standard InChI is InChI=1S/ClHO4.Sr/c2-1(3,4)5;/h(H,2,3,4,5);/q;+2/p-1. The van der Waals surface area contributed by atoms with Crippen molar-refractivity contribution in [2.75, 3.05) is 0 Å². The predicted octanol–water partition coefficient (Wildman–Crippen LogP) is -5.14. The number of rotatable bonds is 0. The summed E-state index contributed by atoms with van der Waals surface area (Å²) in [4.78, 5) is 0. The molecule has 0 saturated carbocycles. The van der Waals surface area contributed by atoms with Crippen LogP contribution in [0.15, 0.2) is 0 Å². The first-order valence-corrected chi connectivity index (χ1v) is 1.85. The minimum absolute atomic E-state index is 0. The Morgan fingerprint density at radius 2 is 0.833 bits per heavy atom. The van der Waals surface area contributed by atoms with Gasteiger partial charge in [0.2, 0.25) is 0 Å². The third kappa shape index (κ3) is 46.0. The molecule has 32 valence electrons. The van der Waals surface area contributed by atoms with Crippen LogP contribution in [0.5, 0.6) is 0 Å². The molecule has 0 spiro atoms. The van der Waals surface area contributed by atoms with Gasteiger partial charge in [0.15, 0.2) is 0 Å². The monoisotopic (exact) mass is 187 g/mol. The molecule has 0 heterocycles. The van der Waals surface area contributed by atoms with Crippen molar-refractivity contribution < 1.29 is 28.9 Å². The van der Waals surface area contributed by atoms with Crippen molar-refractivity contribution in [1.29, 1.82) is 0 Å². The summed E-state index contributed by atoms with van der Waals surface area (Å²) in [5, 5.41) is 0. The first-order chi connectivity index (χ1) is 2.00. The molecule has 0 radical (unpaired) electrons. The normalized spacial score (nSPS) is 10.0. The van der Waals surface area contributed by atoms with Crippen LogP contribution in [0.2, 0.25) is 0 Å². The first kappa shape index (κ1) is 10.6. The molecule has 0 amide bonds. The van der Waals surface area contributed by atoms with Gasteiger partial charge in [-0.25, -0.2) is 18.6 Å². The average Bonchev–Trinajstić information content (AvgIpc) is 0.722. The van der Waals surface area contributed by atoms with E-state index in [4.69, 9.17) is 18.6 Å². The molecular formula is ClO4Sr+. The molecule has 0 saturated heterocycles. The maximum absolute atomic E-state index is 8.49. The van der Waals surface area contributed by atoms with Crippen LogP contribution in [0.3, 0.4) is 0 Å². The van der Waals surface area contributed by atoms with E-state index >= 15 is 0 Å². The molecule has 0 bridgehead atoms. The Bertz CT molecular complexity index is 23.0. The van der Waals surface area contributed by atoms with Crippen LogP contribution in [0.25, 0.3) is 0 Å². The molecule has 0 aromatic rings. The third-order valence-electron chi connectivity index (χ3n) is 0. The maximum Gasteiger partial charge on any atom is 2.00 e. The van der Waals surface area contributed by atoms with Gasteiger partial charge in [-0.15, -0.1) is 10.2 Å².